The number of carbonyl (C=O) groups excluding carboxylic acids is 1. The van der Waals surface area contributed by atoms with Crippen molar-refractivity contribution in [1.82, 2.24) is 0 Å². The second-order valence-corrected chi connectivity index (χ2v) is 3.41. The van der Waals surface area contributed by atoms with Gasteiger partial charge in [-0.25, -0.2) is 0 Å². The highest BCUT2D eigenvalue weighted by Crippen LogP contribution is 1.99. The molecule has 0 heterocycles. The van der Waals surface area contributed by atoms with Crippen LogP contribution in [0.1, 0.15) is 39.0 Å². The Morgan fingerprint density at radius 3 is 2.53 bits per heavy atom. The van der Waals surface area contributed by atoms with Crippen molar-refractivity contribution in [1.29, 1.82) is 0 Å². The molecule has 84 valence electrons. The van der Waals surface area contributed by atoms with Gasteiger partial charge in [-0.15, -0.1) is 11.8 Å². The van der Waals surface area contributed by atoms with E-state index < -0.39 is 12.0 Å². The summed E-state index contributed by atoms with van der Waals surface area (Å²) in [5, 5.41) is 8.45. The minimum atomic E-state index is -1.03. The van der Waals surface area contributed by atoms with Crippen LogP contribution in [0.25, 0.3) is 0 Å². The van der Waals surface area contributed by atoms with Crippen molar-refractivity contribution >= 4 is 11.8 Å². The summed E-state index contributed by atoms with van der Waals surface area (Å²) >= 11 is 0. The summed E-state index contributed by atoms with van der Waals surface area (Å²) in [6, 6.07) is -0.894. The summed E-state index contributed by atoms with van der Waals surface area (Å²) < 4.78 is 0. The van der Waals surface area contributed by atoms with E-state index >= 15 is 0 Å². The van der Waals surface area contributed by atoms with Gasteiger partial charge in [0.2, 0.25) is 0 Å². The minimum Gasteiger partial charge on any atom is -0.480 e. The second kappa shape index (κ2) is 8.01. The molecule has 0 bridgehead atoms. The molecule has 0 amide bonds. The molecule has 0 aromatic carbocycles. The van der Waals surface area contributed by atoms with Gasteiger partial charge in [-0.05, 0) is 19.8 Å². The van der Waals surface area contributed by atoms with Crippen LogP contribution in [0.15, 0.2) is 0 Å². The SMILES string of the molecule is CC(=O)CCCCC#CCC(N)C(=O)O. The van der Waals surface area contributed by atoms with Gasteiger partial charge in [-0.1, -0.05) is 0 Å². The average molecular weight is 211 g/mol. The van der Waals surface area contributed by atoms with Gasteiger partial charge in [-0.2, -0.15) is 0 Å². The maximum absolute atomic E-state index is 10.6. The highest BCUT2D eigenvalue weighted by molar-refractivity contribution is 5.75. The van der Waals surface area contributed by atoms with Gasteiger partial charge in [0.15, 0.2) is 0 Å². The lowest BCUT2D eigenvalue weighted by molar-refractivity contribution is -0.138. The summed E-state index contributed by atoms with van der Waals surface area (Å²) in [7, 11) is 0. The summed E-state index contributed by atoms with van der Waals surface area (Å²) in [6.07, 6.45) is 3.18. The standard InChI is InChI=1S/C11H17NO3/c1-9(13)7-5-3-2-4-6-8-10(12)11(14)15/h10H,2-3,5,7-8,12H2,1H3,(H,14,15). The van der Waals surface area contributed by atoms with E-state index in [1.165, 1.54) is 0 Å². The van der Waals surface area contributed by atoms with Crippen LogP contribution in [0.5, 0.6) is 0 Å². The quantitative estimate of drug-likeness (QED) is 0.506. The lowest BCUT2D eigenvalue weighted by atomic mass is 10.1. The minimum absolute atomic E-state index is 0.183. The third kappa shape index (κ3) is 8.98. The molecular weight excluding hydrogens is 194 g/mol. The molecule has 0 aliphatic rings. The number of carboxylic acids is 1. The first-order valence-electron chi connectivity index (χ1n) is 4.97. The van der Waals surface area contributed by atoms with Gasteiger partial charge >= 0.3 is 5.97 Å². The Labute approximate surface area is 89.8 Å². The van der Waals surface area contributed by atoms with Crippen LogP contribution in [0, 0.1) is 11.8 Å². The van der Waals surface area contributed by atoms with Crippen LogP contribution in [0.4, 0.5) is 0 Å². The lowest BCUT2D eigenvalue weighted by Gasteiger charge is -1.98. The molecule has 0 saturated heterocycles. The molecule has 0 saturated carbocycles. The Morgan fingerprint density at radius 1 is 1.33 bits per heavy atom. The predicted molar refractivity (Wildman–Crippen MR) is 57.2 cm³/mol. The van der Waals surface area contributed by atoms with Gasteiger partial charge in [0, 0.05) is 19.3 Å². The summed E-state index contributed by atoms with van der Waals surface area (Å²) in [5.74, 6) is 4.72. The van der Waals surface area contributed by atoms with Crippen molar-refractivity contribution in [2.24, 2.45) is 5.73 Å². The Kier molecular flexibility index (Phi) is 7.29. The molecule has 0 aromatic rings. The molecule has 1 unspecified atom stereocenters. The highest BCUT2D eigenvalue weighted by Gasteiger charge is 2.07. The molecule has 0 aliphatic heterocycles. The van der Waals surface area contributed by atoms with E-state index in [4.69, 9.17) is 10.8 Å². The number of carboxylic acid groups (broad SMARTS) is 1. The van der Waals surface area contributed by atoms with E-state index in [0.717, 1.165) is 12.8 Å². The number of hydrogen-bond acceptors (Lipinski definition) is 3. The maximum atomic E-state index is 10.6. The largest absolute Gasteiger partial charge is 0.480 e. The van der Waals surface area contributed by atoms with E-state index in [0.29, 0.717) is 12.8 Å². The summed E-state index contributed by atoms with van der Waals surface area (Å²) in [5.41, 5.74) is 5.25. The topological polar surface area (TPSA) is 80.4 Å². The van der Waals surface area contributed by atoms with Crippen molar-refractivity contribution in [2.45, 2.75) is 45.1 Å². The number of ketones is 1. The van der Waals surface area contributed by atoms with Crippen molar-refractivity contribution < 1.29 is 14.7 Å². The number of hydrogen-bond donors (Lipinski definition) is 2. The molecule has 0 radical (unpaired) electrons. The van der Waals surface area contributed by atoms with Crippen molar-refractivity contribution in [3.8, 4) is 11.8 Å². The third-order valence-electron chi connectivity index (χ3n) is 1.84. The number of Topliss-reactive ketones (excluding diaryl/α,β-unsaturated/α-hetero) is 1. The Hall–Kier alpha value is -1.34. The Morgan fingerprint density at radius 2 is 2.00 bits per heavy atom. The number of nitrogens with two attached hydrogens (primary N) is 1. The first-order chi connectivity index (χ1) is 7.04. The molecule has 0 aromatic heterocycles. The number of unbranched alkanes of at least 4 members (excludes halogenated alkanes) is 2. The fourth-order valence-corrected chi connectivity index (χ4v) is 0.945. The van der Waals surface area contributed by atoms with Crippen LogP contribution in [-0.4, -0.2) is 22.9 Å². The molecule has 4 nitrogen and oxygen atoms in total. The molecular formula is C11H17NO3. The molecule has 0 fully saturated rings. The van der Waals surface area contributed by atoms with E-state index in [1.807, 2.05) is 0 Å². The number of carbonyl (C=O) groups is 2. The second-order valence-electron chi connectivity index (χ2n) is 3.41. The normalized spacial score (nSPS) is 11.3. The zero-order valence-electron chi connectivity index (χ0n) is 8.95. The van der Waals surface area contributed by atoms with Gasteiger partial charge < -0.3 is 15.6 Å². The van der Waals surface area contributed by atoms with Gasteiger partial charge in [0.05, 0.1) is 0 Å². The van der Waals surface area contributed by atoms with Gasteiger partial charge in [-0.3, -0.25) is 4.79 Å². The van der Waals surface area contributed by atoms with Crippen LogP contribution < -0.4 is 5.73 Å². The van der Waals surface area contributed by atoms with Crippen LogP contribution in [0.2, 0.25) is 0 Å². The summed E-state index contributed by atoms with van der Waals surface area (Å²) in [4.78, 5) is 20.9. The van der Waals surface area contributed by atoms with Crippen molar-refractivity contribution in [3.63, 3.8) is 0 Å². The first-order valence-corrected chi connectivity index (χ1v) is 4.97. The third-order valence-corrected chi connectivity index (χ3v) is 1.84. The number of aliphatic carboxylic acids is 1. The van der Waals surface area contributed by atoms with E-state index in [2.05, 4.69) is 11.8 Å². The van der Waals surface area contributed by atoms with Crippen LogP contribution in [0.3, 0.4) is 0 Å². The molecule has 0 spiro atoms. The fourth-order valence-electron chi connectivity index (χ4n) is 0.945. The monoisotopic (exact) mass is 211 g/mol. The molecule has 0 aliphatic carbocycles. The maximum Gasteiger partial charge on any atom is 0.321 e. The highest BCUT2D eigenvalue weighted by atomic mass is 16.4. The first kappa shape index (κ1) is 13.7. The molecule has 1 atom stereocenters. The predicted octanol–water partition coefficient (Wildman–Crippen LogP) is 0.941. The van der Waals surface area contributed by atoms with Crippen LogP contribution in [-0.2, 0) is 9.59 Å². The molecule has 3 N–H and O–H groups in total. The molecule has 0 rings (SSSR count). The average Bonchev–Trinajstić information content (AvgIpc) is 2.15. The van der Waals surface area contributed by atoms with E-state index in [-0.39, 0.29) is 12.2 Å². The lowest BCUT2D eigenvalue weighted by Crippen LogP contribution is -2.29. The zero-order valence-corrected chi connectivity index (χ0v) is 8.95. The van der Waals surface area contributed by atoms with Crippen molar-refractivity contribution in [3.05, 3.63) is 0 Å². The zero-order chi connectivity index (χ0) is 11.7. The summed E-state index contributed by atoms with van der Waals surface area (Å²) in [6.45, 7) is 1.57. The molecule has 4 heteroatoms. The van der Waals surface area contributed by atoms with E-state index in [1.54, 1.807) is 6.92 Å². The fraction of sp³-hybridized carbons (Fsp3) is 0.636. The van der Waals surface area contributed by atoms with Gasteiger partial charge in [0.1, 0.15) is 11.8 Å². The van der Waals surface area contributed by atoms with E-state index in [9.17, 15) is 9.59 Å². The Balaban J connectivity index is 3.47. The Bertz CT molecular complexity index is 275. The smallest absolute Gasteiger partial charge is 0.321 e. The van der Waals surface area contributed by atoms with Gasteiger partial charge in [0.25, 0.3) is 0 Å². The number of rotatable bonds is 6. The molecule has 15 heavy (non-hydrogen) atoms. The van der Waals surface area contributed by atoms with Crippen LogP contribution >= 0.6 is 0 Å². The van der Waals surface area contributed by atoms with Crippen molar-refractivity contribution in [2.75, 3.05) is 0 Å².